The molecule has 3 nitrogen and oxygen atoms in total. The average molecular weight is 176 g/mol. The van der Waals surface area contributed by atoms with E-state index in [0.29, 0.717) is 13.0 Å². The van der Waals surface area contributed by atoms with Gasteiger partial charge >= 0.3 is 5.97 Å². The summed E-state index contributed by atoms with van der Waals surface area (Å²) in [5.41, 5.74) is 0. The molecule has 0 rings (SSSR count). The molecule has 0 N–H and O–H groups in total. The van der Waals surface area contributed by atoms with Crippen molar-refractivity contribution < 1.29 is 9.53 Å². The Morgan fingerprint density at radius 1 is 1.82 bits per heavy atom. The lowest BCUT2D eigenvalue weighted by molar-refractivity contribution is -0.142. The largest absolute Gasteiger partial charge is 0.465 e. The summed E-state index contributed by atoms with van der Waals surface area (Å²) < 4.78 is 4.62. The molecule has 0 aromatic rings. The molecule has 0 spiro atoms. The van der Waals surface area contributed by atoms with Gasteiger partial charge in [0.05, 0.1) is 12.7 Å². The SMILES string of the molecule is CCOC(=O)C(Cl)CCC#N. The fourth-order valence-corrected chi connectivity index (χ4v) is 0.714. The number of hydrogen-bond acceptors (Lipinski definition) is 3. The van der Waals surface area contributed by atoms with Gasteiger partial charge in [-0.05, 0) is 13.3 Å². The minimum absolute atomic E-state index is 0.285. The van der Waals surface area contributed by atoms with E-state index in [1.165, 1.54) is 0 Å². The summed E-state index contributed by atoms with van der Waals surface area (Å²) in [6.45, 7) is 2.04. The monoisotopic (exact) mass is 175 g/mol. The maximum absolute atomic E-state index is 10.8. The van der Waals surface area contributed by atoms with Crippen molar-refractivity contribution in [2.45, 2.75) is 25.1 Å². The molecule has 0 aliphatic heterocycles. The molecule has 1 atom stereocenters. The number of ether oxygens (including phenoxy) is 1. The highest BCUT2D eigenvalue weighted by atomic mass is 35.5. The van der Waals surface area contributed by atoms with Crippen LogP contribution in [0, 0.1) is 11.3 Å². The van der Waals surface area contributed by atoms with E-state index in [1.54, 1.807) is 6.92 Å². The Kier molecular flexibility index (Phi) is 5.58. The number of halogens is 1. The highest BCUT2D eigenvalue weighted by molar-refractivity contribution is 6.29. The molecule has 62 valence electrons. The molecule has 0 saturated carbocycles. The summed E-state index contributed by atoms with van der Waals surface area (Å²) in [4.78, 5) is 10.8. The molecule has 0 amide bonds. The van der Waals surface area contributed by atoms with E-state index >= 15 is 0 Å². The van der Waals surface area contributed by atoms with Crippen LogP contribution < -0.4 is 0 Å². The van der Waals surface area contributed by atoms with E-state index in [2.05, 4.69) is 4.74 Å². The Morgan fingerprint density at radius 3 is 2.91 bits per heavy atom. The molecule has 11 heavy (non-hydrogen) atoms. The molecule has 0 bridgehead atoms. The summed E-state index contributed by atoms with van der Waals surface area (Å²) in [6, 6.07) is 1.90. The maximum Gasteiger partial charge on any atom is 0.324 e. The molecule has 4 heteroatoms. The summed E-state index contributed by atoms with van der Waals surface area (Å²) >= 11 is 5.56. The summed E-state index contributed by atoms with van der Waals surface area (Å²) in [5.74, 6) is -0.440. The number of alkyl halides is 1. The topological polar surface area (TPSA) is 50.1 Å². The third-order valence-electron chi connectivity index (χ3n) is 1.05. The third kappa shape index (κ3) is 4.63. The summed E-state index contributed by atoms with van der Waals surface area (Å²) in [5, 5.41) is 7.49. The van der Waals surface area contributed by atoms with E-state index in [0.717, 1.165) is 0 Å². The minimum atomic E-state index is -0.672. The molecule has 0 saturated heterocycles. The second-order valence-electron chi connectivity index (χ2n) is 1.92. The fourth-order valence-electron chi connectivity index (χ4n) is 0.542. The van der Waals surface area contributed by atoms with Crippen LogP contribution in [0.4, 0.5) is 0 Å². The average Bonchev–Trinajstić information content (AvgIpc) is 2.00. The van der Waals surface area contributed by atoms with Crippen LogP contribution in [0.5, 0.6) is 0 Å². The Labute approximate surface area is 70.9 Å². The van der Waals surface area contributed by atoms with Gasteiger partial charge in [-0.2, -0.15) is 5.26 Å². The molecular weight excluding hydrogens is 166 g/mol. The van der Waals surface area contributed by atoms with E-state index in [4.69, 9.17) is 16.9 Å². The number of rotatable bonds is 4. The van der Waals surface area contributed by atoms with Gasteiger partial charge in [0.2, 0.25) is 0 Å². The van der Waals surface area contributed by atoms with Gasteiger partial charge in [0.25, 0.3) is 0 Å². The normalized spacial score (nSPS) is 11.7. The molecule has 1 unspecified atom stereocenters. The van der Waals surface area contributed by atoms with Crippen molar-refractivity contribution in [2.75, 3.05) is 6.61 Å². The Hall–Kier alpha value is -0.750. The van der Waals surface area contributed by atoms with Crippen molar-refractivity contribution in [1.82, 2.24) is 0 Å². The standard InChI is InChI=1S/C7H10ClNO2/c1-2-11-7(10)6(8)4-3-5-9/h6H,2-4H2,1H3. The number of hydrogen-bond donors (Lipinski definition) is 0. The first kappa shape index (κ1) is 10.2. The van der Waals surface area contributed by atoms with Crippen LogP contribution in [-0.2, 0) is 9.53 Å². The van der Waals surface area contributed by atoms with Crippen molar-refractivity contribution in [1.29, 1.82) is 5.26 Å². The number of nitrogens with zero attached hydrogens (tertiary/aromatic N) is 1. The van der Waals surface area contributed by atoms with Crippen molar-refractivity contribution in [2.24, 2.45) is 0 Å². The molecular formula is C7H10ClNO2. The lowest BCUT2D eigenvalue weighted by Crippen LogP contribution is -2.17. The fraction of sp³-hybridized carbons (Fsp3) is 0.714. The van der Waals surface area contributed by atoms with Crippen LogP contribution in [0.3, 0.4) is 0 Å². The Morgan fingerprint density at radius 2 is 2.45 bits per heavy atom. The first-order chi connectivity index (χ1) is 5.22. The predicted octanol–water partition coefficient (Wildman–Crippen LogP) is 1.46. The van der Waals surface area contributed by atoms with Crippen molar-refractivity contribution in [3.8, 4) is 6.07 Å². The number of esters is 1. The van der Waals surface area contributed by atoms with Gasteiger partial charge in [-0.1, -0.05) is 0 Å². The molecule has 0 heterocycles. The second kappa shape index (κ2) is 5.99. The summed E-state index contributed by atoms with van der Waals surface area (Å²) in [6.07, 6.45) is 0.643. The second-order valence-corrected chi connectivity index (χ2v) is 2.44. The van der Waals surface area contributed by atoms with Crippen LogP contribution in [0.25, 0.3) is 0 Å². The Bertz CT molecular complexity index is 164. The molecule has 0 radical (unpaired) electrons. The van der Waals surface area contributed by atoms with E-state index in [9.17, 15) is 4.79 Å². The van der Waals surface area contributed by atoms with Gasteiger partial charge in [0.1, 0.15) is 5.38 Å². The molecule has 0 aliphatic rings. The van der Waals surface area contributed by atoms with Gasteiger partial charge in [-0.15, -0.1) is 11.6 Å². The number of carbonyl (C=O) groups excluding carboxylic acids is 1. The lowest BCUT2D eigenvalue weighted by atomic mass is 10.2. The van der Waals surface area contributed by atoms with Crippen LogP contribution in [-0.4, -0.2) is 18.0 Å². The third-order valence-corrected chi connectivity index (χ3v) is 1.45. The molecule has 0 aromatic heterocycles. The zero-order valence-electron chi connectivity index (χ0n) is 6.34. The zero-order chi connectivity index (χ0) is 8.69. The number of nitriles is 1. The molecule has 0 fully saturated rings. The van der Waals surface area contributed by atoms with Crippen molar-refractivity contribution >= 4 is 17.6 Å². The van der Waals surface area contributed by atoms with Crippen LogP contribution in [0.15, 0.2) is 0 Å². The van der Waals surface area contributed by atoms with Gasteiger partial charge < -0.3 is 4.74 Å². The lowest BCUT2D eigenvalue weighted by Gasteiger charge is -2.04. The quantitative estimate of drug-likeness (QED) is 0.480. The van der Waals surface area contributed by atoms with Crippen LogP contribution in [0.1, 0.15) is 19.8 Å². The van der Waals surface area contributed by atoms with Crippen molar-refractivity contribution in [3.63, 3.8) is 0 Å². The van der Waals surface area contributed by atoms with Crippen LogP contribution >= 0.6 is 11.6 Å². The first-order valence-corrected chi connectivity index (χ1v) is 3.83. The van der Waals surface area contributed by atoms with Gasteiger partial charge in [0.15, 0.2) is 0 Å². The van der Waals surface area contributed by atoms with Gasteiger partial charge in [-0.25, -0.2) is 0 Å². The predicted molar refractivity (Wildman–Crippen MR) is 41.1 cm³/mol. The highest BCUT2D eigenvalue weighted by Gasteiger charge is 2.14. The Balaban J connectivity index is 3.57. The van der Waals surface area contributed by atoms with E-state index in [1.807, 2.05) is 6.07 Å². The summed E-state index contributed by atoms with van der Waals surface area (Å²) in [7, 11) is 0. The zero-order valence-corrected chi connectivity index (χ0v) is 7.10. The van der Waals surface area contributed by atoms with Crippen molar-refractivity contribution in [3.05, 3.63) is 0 Å². The molecule has 0 aromatic carbocycles. The van der Waals surface area contributed by atoms with Gasteiger partial charge in [-0.3, -0.25) is 4.79 Å². The number of carbonyl (C=O) groups is 1. The van der Waals surface area contributed by atoms with E-state index < -0.39 is 11.3 Å². The van der Waals surface area contributed by atoms with Gasteiger partial charge in [0, 0.05) is 6.42 Å². The molecule has 0 aliphatic carbocycles. The van der Waals surface area contributed by atoms with E-state index in [-0.39, 0.29) is 6.42 Å². The van der Waals surface area contributed by atoms with Crippen LogP contribution in [0.2, 0.25) is 0 Å². The maximum atomic E-state index is 10.8. The minimum Gasteiger partial charge on any atom is -0.465 e. The first-order valence-electron chi connectivity index (χ1n) is 3.40. The highest BCUT2D eigenvalue weighted by Crippen LogP contribution is 2.06. The smallest absolute Gasteiger partial charge is 0.324 e.